The van der Waals surface area contributed by atoms with E-state index in [1.54, 1.807) is 18.1 Å². The van der Waals surface area contributed by atoms with Crippen LogP contribution in [0.1, 0.15) is 24.0 Å². The van der Waals surface area contributed by atoms with Gasteiger partial charge in [-0.3, -0.25) is 0 Å². The van der Waals surface area contributed by atoms with Gasteiger partial charge in [0.15, 0.2) is 0 Å². The van der Waals surface area contributed by atoms with Crippen LogP contribution in [0.3, 0.4) is 0 Å². The minimum Gasteiger partial charge on any atom is -0.381 e. The van der Waals surface area contributed by atoms with Gasteiger partial charge in [0.1, 0.15) is 0 Å². The Morgan fingerprint density at radius 1 is 1.30 bits per heavy atom. The number of anilines is 1. The summed E-state index contributed by atoms with van der Waals surface area (Å²) in [6.07, 6.45) is -2.94. The zero-order valence-electron chi connectivity index (χ0n) is 11.1. The maximum absolute atomic E-state index is 13.1. The van der Waals surface area contributed by atoms with E-state index in [2.05, 4.69) is 0 Å². The normalized spacial score (nSPS) is 17.1. The van der Waals surface area contributed by atoms with Gasteiger partial charge in [0.25, 0.3) is 0 Å². The van der Waals surface area contributed by atoms with Crippen LogP contribution >= 0.6 is 0 Å². The summed E-state index contributed by atoms with van der Waals surface area (Å²) in [5.41, 5.74) is -0.577. The van der Waals surface area contributed by atoms with E-state index in [1.165, 1.54) is 12.1 Å². The molecule has 20 heavy (non-hydrogen) atoms. The molecule has 0 unspecified atom stereocenters. The minimum absolute atomic E-state index is 0.0212. The lowest BCUT2D eigenvalue weighted by molar-refractivity contribution is -0.137. The zero-order chi connectivity index (χ0) is 14.8. The molecule has 1 aliphatic rings. The molecule has 0 N–H and O–H groups in total. The van der Waals surface area contributed by atoms with Crippen LogP contribution in [0.25, 0.3) is 0 Å². The first-order chi connectivity index (χ1) is 9.45. The Labute approximate surface area is 115 Å². The number of hydrogen-bond acceptors (Lipinski definition) is 3. The van der Waals surface area contributed by atoms with Crippen LogP contribution in [0.2, 0.25) is 0 Å². The van der Waals surface area contributed by atoms with Crippen molar-refractivity contribution in [2.45, 2.75) is 25.1 Å². The highest BCUT2D eigenvalue weighted by atomic mass is 19.4. The number of alkyl halides is 3. The van der Waals surface area contributed by atoms with E-state index in [-0.39, 0.29) is 17.4 Å². The van der Waals surface area contributed by atoms with E-state index >= 15 is 0 Å². The van der Waals surface area contributed by atoms with Crippen LogP contribution < -0.4 is 4.90 Å². The number of methoxy groups -OCH3 is 1. The summed E-state index contributed by atoms with van der Waals surface area (Å²) in [5, 5.41) is 8.75. The highest BCUT2D eigenvalue weighted by molar-refractivity contribution is 5.58. The van der Waals surface area contributed by atoms with E-state index in [4.69, 9.17) is 10.00 Å². The molecular formula is C14H15F3N2O. The number of hydrogen-bond donors (Lipinski definition) is 0. The second kappa shape index (κ2) is 5.71. The molecule has 1 aromatic carbocycles. The molecule has 0 bridgehead atoms. The first-order valence-electron chi connectivity index (χ1n) is 6.35. The quantitative estimate of drug-likeness (QED) is 0.836. The molecule has 1 fully saturated rings. The second-order valence-electron chi connectivity index (χ2n) is 4.76. The third-order valence-corrected chi connectivity index (χ3v) is 3.55. The zero-order valence-corrected chi connectivity index (χ0v) is 11.1. The Balaban J connectivity index is 2.30. The van der Waals surface area contributed by atoms with Crippen LogP contribution in [0.4, 0.5) is 18.9 Å². The van der Waals surface area contributed by atoms with Crippen molar-refractivity contribution in [1.82, 2.24) is 0 Å². The largest absolute Gasteiger partial charge is 0.418 e. The van der Waals surface area contributed by atoms with Crippen LogP contribution in [0, 0.1) is 11.3 Å². The van der Waals surface area contributed by atoms with Gasteiger partial charge in [0, 0.05) is 25.9 Å². The predicted molar refractivity (Wildman–Crippen MR) is 68.4 cm³/mol. The van der Waals surface area contributed by atoms with Gasteiger partial charge in [-0.25, -0.2) is 0 Å². The lowest BCUT2D eigenvalue weighted by Gasteiger charge is -2.34. The smallest absolute Gasteiger partial charge is 0.381 e. The van der Waals surface area contributed by atoms with Crippen molar-refractivity contribution in [1.29, 1.82) is 5.26 Å². The monoisotopic (exact) mass is 284 g/mol. The molecule has 6 heteroatoms. The van der Waals surface area contributed by atoms with Crippen molar-refractivity contribution in [3.8, 4) is 6.07 Å². The summed E-state index contributed by atoms with van der Waals surface area (Å²) in [4.78, 5) is 1.71. The molecule has 1 saturated heterocycles. The molecule has 108 valence electrons. The Morgan fingerprint density at radius 2 is 1.95 bits per heavy atom. The van der Waals surface area contributed by atoms with Crippen molar-refractivity contribution < 1.29 is 17.9 Å². The van der Waals surface area contributed by atoms with Gasteiger partial charge < -0.3 is 9.64 Å². The van der Waals surface area contributed by atoms with Crippen LogP contribution in [-0.2, 0) is 10.9 Å². The van der Waals surface area contributed by atoms with Gasteiger partial charge in [-0.2, -0.15) is 18.4 Å². The molecule has 0 radical (unpaired) electrons. The number of ether oxygens (including phenoxy) is 1. The van der Waals surface area contributed by atoms with Crippen LogP contribution in [0.5, 0.6) is 0 Å². The van der Waals surface area contributed by atoms with Gasteiger partial charge in [0.2, 0.25) is 0 Å². The fraction of sp³-hybridized carbons (Fsp3) is 0.500. The third kappa shape index (κ3) is 3.05. The van der Waals surface area contributed by atoms with Crippen LogP contribution in [0.15, 0.2) is 18.2 Å². The van der Waals surface area contributed by atoms with E-state index in [9.17, 15) is 13.2 Å². The molecule has 0 aliphatic carbocycles. The van der Waals surface area contributed by atoms with Crippen molar-refractivity contribution in [2.24, 2.45) is 0 Å². The molecule has 2 rings (SSSR count). The van der Waals surface area contributed by atoms with Gasteiger partial charge in [-0.1, -0.05) is 0 Å². The first-order valence-corrected chi connectivity index (χ1v) is 6.35. The summed E-state index contributed by atoms with van der Waals surface area (Å²) >= 11 is 0. The van der Waals surface area contributed by atoms with Crippen molar-refractivity contribution >= 4 is 5.69 Å². The number of nitriles is 1. The SMILES string of the molecule is COC1CCN(c2ccc(C#N)cc2C(F)(F)F)CC1. The molecule has 1 aliphatic heterocycles. The fourth-order valence-electron chi connectivity index (χ4n) is 2.44. The number of benzene rings is 1. The topological polar surface area (TPSA) is 36.3 Å². The Hall–Kier alpha value is -1.74. The molecule has 0 saturated carbocycles. The number of halogens is 3. The predicted octanol–water partition coefficient (Wildman–Crippen LogP) is 3.19. The van der Waals surface area contributed by atoms with Crippen LogP contribution in [-0.4, -0.2) is 26.3 Å². The Bertz CT molecular complexity index is 514. The van der Waals surface area contributed by atoms with Crippen molar-refractivity contribution in [3.05, 3.63) is 29.3 Å². The first kappa shape index (κ1) is 14.7. The highest BCUT2D eigenvalue weighted by Crippen LogP contribution is 2.38. The second-order valence-corrected chi connectivity index (χ2v) is 4.76. The maximum atomic E-state index is 13.1. The van der Waals surface area contributed by atoms with Crippen molar-refractivity contribution in [2.75, 3.05) is 25.1 Å². The maximum Gasteiger partial charge on any atom is 0.418 e. The highest BCUT2D eigenvalue weighted by Gasteiger charge is 2.36. The van der Waals surface area contributed by atoms with Gasteiger partial charge in [-0.05, 0) is 31.0 Å². The number of piperidine rings is 1. The molecule has 0 spiro atoms. The van der Waals surface area contributed by atoms with E-state index in [0.717, 1.165) is 6.07 Å². The molecule has 1 heterocycles. The van der Waals surface area contributed by atoms with E-state index in [0.29, 0.717) is 25.9 Å². The molecule has 0 amide bonds. The molecular weight excluding hydrogens is 269 g/mol. The average Bonchev–Trinajstić information content (AvgIpc) is 2.46. The number of nitrogens with zero attached hydrogens (tertiary/aromatic N) is 2. The van der Waals surface area contributed by atoms with E-state index < -0.39 is 11.7 Å². The van der Waals surface area contributed by atoms with E-state index in [1.807, 2.05) is 0 Å². The summed E-state index contributed by atoms with van der Waals surface area (Å²) in [6, 6.07) is 5.47. The summed E-state index contributed by atoms with van der Waals surface area (Å²) in [6.45, 7) is 1.04. The Morgan fingerprint density at radius 3 is 2.45 bits per heavy atom. The third-order valence-electron chi connectivity index (χ3n) is 3.55. The number of rotatable bonds is 2. The molecule has 0 atom stereocenters. The van der Waals surface area contributed by atoms with Crippen molar-refractivity contribution in [3.63, 3.8) is 0 Å². The molecule has 0 aromatic heterocycles. The standard InChI is InChI=1S/C14H15F3N2O/c1-20-11-4-6-19(7-5-11)13-3-2-10(9-18)8-12(13)14(15,16)17/h2-3,8,11H,4-7H2,1H3. The van der Waals surface area contributed by atoms with Gasteiger partial charge >= 0.3 is 6.18 Å². The minimum atomic E-state index is -4.46. The molecule has 1 aromatic rings. The average molecular weight is 284 g/mol. The summed E-state index contributed by atoms with van der Waals surface area (Å²) < 4.78 is 44.5. The van der Waals surface area contributed by atoms with Gasteiger partial charge in [-0.15, -0.1) is 0 Å². The lowest BCUT2D eigenvalue weighted by Crippen LogP contribution is -2.37. The fourth-order valence-corrected chi connectivity index (χ4v) is 2.44. The summed E-state index contributed by atoms with van der Waals surface area (Å²) in [7, 11) is 1.61. The Kier molecular flexibility index (Phi) is 4.19. The lowest BCUT2D eigenvalue weighted by atomic mass is 10.0. The molecule has 3 nitrogen and oxygen atoms in total. The summed E-state index contributed by atoms with van der Waals surface area (Å²) in [5.74, 6) is 0. The van der Waals surface area contributed by atoms with Gasteiger partial charge in [0.05, 0.1) is 23.3 Å².